The van der Waals surface area contributed by atoms with E-state index in [4.69, 9.17) is 5.10 Å². The second-order valence-corrected chi connectivity index (χ2v) is 6.62. The Morgan fingerprint density at radius 2 is 1.96 bits per heavy atom. The molecular formula is C20H22N4. The number of nitrogens with zero attached hydrogens (tertiary/aromatic N) is 3. The van der Waals surface area contributed by atoms with Crippen LogP contribution in [0.25, 0.3) is 5.69 Å². The van der Waals surface area contributed by atoms with Crippen LogP contribution in [-0.2, 0) is 6.54 Å². The predicted molar refractivity (Wildman–Crippen MR) is 96.4 cm³/mol. The number of para-hydroxylation sites is 1. The van der Waals surface area contributed by atoms with Gasteiger partial charge in [0.15, 0.2) is 0 Å². The Hall–Kier alpha value is -2.62. The lowest BCUT2D eigenvalue weighted by Crippen LogP contribution is -2.07. The molecule has 3 aromatic rings. The number of pyridine rings is 1. The number of aryl methyl sites for hydroxylation is 1. The monoisotopic (exact) mass is 318 g/mol. The first-order valence-electron chi connectivity index (χ1n) is 8.52. The van der Waals surface area contributed by atoms with Crippen LogP contribution in [0.3, 0.4) is 0 Å². The zero-order valence-corrected chi connectivity index (χ0v) is 14.1. The SMILES string of the molecule is Cc1ncccc1CNc1cc([C@H]2C[C@@H]2C)nn1-c1ccccc1. The van der Waals surface area contributed by atoms with E-state index in [0.717, 1.165) is 29.7 Å². The standard InChI is InChI=1S/C20H22N4/c1-14-11-18(14)19-12-20(22-13-16-7-6-10-21-15(16)2)24(23-19)17-8-4-3-5-9-17/h3-10,12,14,18,22H,11,13H2,1-2H3/t14-,18-/m0/s1. The van der Waals surface area contributed by atoms with E-state index < -0.39 is 0 Å². The average molecular weight is 318 g/mol. The zero-order valence-electron chi connectivity index (χ0n) is 14.1. The fourth-order valence-corrected chi connectivity index (χ4v) is 3.10. The molecule has 4 rings (SSSR count). The number of aromatic nitrogens is 3. The van der Waals surface area contributed by atoms with Crippen LogP contribution >= 0.6 is 0 Å². The quantitative estimate of drug-likeness (QED) is 0.762. The summed E-state index contributed by atoms with van der Waals surface area (Å²) in [6.45, 7) is 5.08. The smallest absolute Gasteiger partial charge is 0.130 e. The highest BCUT2D eigenvalue weighted by atomic mass is 15.3. The van der Waals surface area contributed by atoms with Gasteiger partial charge in [-0.1, -0.05) is 31.2 Å². The first-order chi connectivity index (χ1) is 11.7. The Bertz CT molecular complexity index is 838. The summed E-state index contributed by atoms with van der Waals surface area (Å²) in [4.78, 5) is 4.36. The fraction of sp³-hybridized carbons (Fsp3) is 0.300. The van der Waals surface area contributed by atoms with Gasteiger partial charge < -0.3 is 5.32 Å². The van der Waals surface area contributed by atoms with Crippen molar-refractivity contribution in [3.63, 3.8) is 0 Å². The van der Waals surface area contributed by atoms with Crippen molar-refractivity contribution < 1.29 is 0 Å². The van der Waals surface area contributed by atoms with Crippen molar-refractivity contribution in [2.24, 2.45) is 5.92 Å². The second-order valence-electron chi connectivity index (χ2n) is 6.62. The summed E-state index contributed by atoms with van der Waals surface area (Å²) in [6.07, 6.45) is 3.08. The predicted octanol–water partition coefficient (Wildman–Crippen LogP) is 4.31. The Kier molecular flexibility index (Phi) is 3.81. The lowest BCUT2D eigenvalue weighted by molar-refractivity contribution is 0.810. The van der Waals surface area contributed by atoms with Crippen molar-refractivity contribution in [3.05, 3.63) is 71.7 Å². The molecule has 0 bridgehead atoms. The molecule has 1 aliphatic carbocycles. The molecular weight excluding hydrogens is 296 g/mol. The van der Waals surface area contributed by atoms with Gasteiger partial charge in [-0.2, -0.15) is 5.10 Å². The van der Waals surface area contributed by atoms with E-state index in [1.54, 1.807) is 0 Å². The van der Waals surface area contributed by atoms with E-state index in [2.05, 4.69) is 41.5 Å². The lowest BCUT2D eigenvalue weighted by Gasteiger charge is -2.10. The molecule has 24 heavy (non-hydrogen) atoms. The molecule has 0 saturated heterocycles. The van der Waals surface area contributed by atoms with E-state index in [1.807, 2.05) is 42.1 Å². The molecule has 1 N–H and O–H groups in total. The van der Waals surface area contributed by atoms with E-state index in [1.165, 1.54) is 17.7 Å². The number of nitrogens with one attached hydrogen (secondary N) is 1. The molecule has 2 aromatic heterocycles. The molecule has 0 amide bonds. The van der Waals surface area contributed by atoms with Crippen LogP contribution in [0.2, 0.25) is 0 Å². The highest BCUT2D eigenvalue weighted by molar-refractivity contribution is 5.48. The Morgan fingerprint density at radius 3 is 2.67 bits per heavy atom. The van der Waals surface area contributed by atoms with Gasteiger partial charge in [-0.05, 0) is 43.0 Å². The van der Waals surface area contributed by atoms with E-state index in [-0.39, 0.29) is 0 Å². The highest BCUT2D eigenvalue weighted by Crippen LogP contribution is 2.47. The number of anilines is 1. The molecule has 122 valence electrons. The van der Waals surface area contributed by atoms with Crippen LogP contribution in [-0.4, -0.2) is 14.8 Å². The summed E-state index contributed by atoms with van der Waals surface area (Å²) in [6, 6.07) is 16.6. The summed E-state index contributed by atoms with van der Waals surface area (Å²) < 4.78 is 2.02. The maximum absolute atomic E-state index is 4.87. The molecule has 1 fully saturated rings. The maximum atomic E-state index is 4.87. The molecule has 1 saturated carbocycles. The van der Waals surface area contributed by atoms with Crippen LogP contribution < -0.4 is 5.32 Å². The molecule has 2 atom stereocenters. The van der Waals surface area contributed by atoms with E-state index in [9.17, 15) is 0 Å². The molecule has 4 nitrogen and oxygen atoms in total. The van der Waals surface area contributed by atoms with Gasteiger partial charge in [-0.15, -0.1) is 0 Å². The van der Waals surface area contributed by atoms with Gasteiger partial charge in [0.25, 0.3) is 0 Å². The fourth-order valence-electron chi connectivity index (χ4n) is 3.10. The molecule has 4 heteroatoms. The summed E-state index contributed by atoms with van der Waals surface area (Å²) in [5.41, 5.74) is 4.55. The number of benzene rings is 1. The largest absolute Gasteiger partial charge is 0.366 e. The van der Waals surface area contributed by atoms with Crippen LogP contribution in [0, 0.1) is 12.8 Å². The average Bonchev–Trinajstić information content (AvgIpc) is 3.19. The number of hydrogen-bond acceptors (Lipinski definition) is 3. The topological polar surface area (TPSA) is 42.7 Å². The normalized spacial score (nSPS) is 19.2. The third-order valence-electron chi connectivity index (χ3n) is 4.79. The Labute approximate surface area is 142 Å². The summed E-state index contributed by atoms with van der Waals surface area (Å²) in [5.74, 6) is 2.40. The Balaban J connectivity index is 1.63. The third kappa shape index (κ3) is 2.92. The van der Waals surface area contributed by atoms with Gasteiger partial charge >= 0.3 is 0 Å². The number of hydrogen-bond donors (Lipinski definition) is 1. The van der Waals surface area contributed by atoms with Gasteiger partial charge in [0.1, 0.15) is 5.82 Å². The molecule has 2 heterocycles. The first-order valence-corrected chi connectivity index (χ1v) is 8.52. The molecule has 1 aromatic carbocycles. The zero-order chi connectivity index (χ0) is 16.5. The van der Waals surface area contributed by atoms with Crippen LogP contribution in [0.15, 0.2) is 54.7 Å². The molecule has 0 aliphatic heterocycles. The van der Waals surface area contributed by atoms with Crippen molar-refractivity contribution in [3.8, 4) is 5.69 Å². The first kappa shape index (κ1) is 14.9. The molecule has 0 spiro atoms. The summed E-state index contributed by atoms with van der Waals surface area (Å²) >= 11 is 0. The van der Waals surface area contributed by atoms with Crippen molar-refractivity contribution >= 4 is 5.82 Å². The minimum atomic E-state index is 0.607. The van der Waals surface area contributed by atoms with Crippen LogP contribution in [0.4, 0.5) is 5.82 Å². The van der Waals surface area contributed by atoms with Gasteiger partial charge in [0.2, 0.25) is 0 Å². The van der Waals surface area contributed by atoms with Gasteiger partial charge in [-0.25, -0.2) is 4.68 Å². The van der Waals surface area contributed by atoms with Gasteiger partial charge in [0.05, 0.1) is 11.4 Å². The van der Waals surface area contributed by atoms with Crippen molar-refractivity contribution in [2.45, 2.75) is 32.7 Å². The minimum Gasteiger partial charge on any atom is -0.366 e. The van der Waals surface area contributed by atoms with Crippen molar-refractivity contribution in [1.82, 2.24) is 14.8 Å². The van der Waals surface area contributed by atoms with Crippen LogP contribution in [0.1, 0.15) is 36.2 Å². The van der Waals surface area contributed by atoms with Crippen molar-refractivity contribution in [1.29, 1.82) is 0 Å². The molecule has 0 unspecified atom stereocenters. The molecule has 0 radical (unpaired) electrons. The highest BCUT2D eigenvalue weighted by Gasteiger charge is 2.36. The van der Waals surface area contributed by atoms with E-state index in [0.29, 0.717) is 5.92 Å². The van der Waals surface area contributed by atoms with E-state index >= 15 is 0 Å². The second kappa shape index (κ2) is 6.11. The summed E-state index contributed by atoms with van der Waals surface area (Å²) in [5, 5.41) is 8.41. The van der Waals surface area contributed by atoms with Crippen LogP contribution in [0.5, 0.6) is 0 Å². The summed E-state index contributed by atoms with van der Waals surface area (Å²) in [7, 11) is 0. The van der Waals surface area contributed by atoms with Gasteiger partial charge in [0, 0.05) is 30.4 Å². The maximum Gasteiger partial charge on any atom is 0.130 e. The minimum absolute atomic E-state index is 0.607. The number of rotatable bonds is 5. The van der Waals surface area contributed by atoms with Gasteiger partial charge in [-0.3, -0.25) is 4.98 Å². The Morgan fingerprint density at radius 1 is 1.17 bits per heavy atom. The van der Waals surface area contributed by atoms with Crippen molar-refractivity contribution in [2.75, 3.05) is 5.32 Å². The molecule has 1 aliphatic rings. The lowest BCUT2D eigenvalue weighted by atomic mass is 10.2. The third-order valence-corrected chi connectivity index (χ3v) is 4.79.